The summed E-state index contributed by atoms with van der Waals surface area (Å²) >= 11 is 0. The van der Waals surface area contributed by atoms with Crippen molar-refractivity contribution in [2.75, 3.05) is 38.8 Å². The number of rotatable bonds is 8. The zero-order valence-corrected chi connectivity index (χ0v) is 16.7. The Bertz CT molecular complexity index is 958. The predicted molar refractivity (Wildman–Crippen MR) is 103 cm³/mol. The fourth-order valence-corrected chi connectivity index (χ4v) is 2.99. The highest BCUT2D eigenvalue weighted by molar-refractivity contribution is 5.92. The highest BCUT2D eigenvalue weighted by atomic mass is 19.4. The monoisotopic (exact) mass is 442 g/mol. The summed E-state index contributed by atoms with van der Waals surface area (Å²) < 4.78 is 51.1. The quantitative estimate of drug-likeness (QED) is 0.640. The number of hydrogen-bond donors (Lipinski definition) is 2. The number of amides is 1. The number of nitrogens with one attached hydrogen (secondary N) is 2. The molecule has 1 fully saturated rings. The topological polar surface area (TPSA) is 106 Å². The molecule has 31 heavy (non-hydrogen) atoms. The number of aromatic amines is 1. The third-order valence-corrected chi connectivity index (χ3v) is 4.60. The Hall–Kier alpha value is -3.12. The Morgan fingerprint density at radius 3 is 2.55 bits per heavy atom. The standard InChI is InChI=1S/C19H21F3N4O5/c1-29-10-15(11-3-5-12(6-4-11)31-19(20,21)22)23-17(28)14-7-16(27)25-18(24-14)26-8-13(9-26)30-2/h3-7,13,15H,8-10H2,1-2H3,(H,23,28)(H,24,25,27)/t15-/m1/s1. The van der Waals surface area contributed by atoms with Crippen LogP contribution in [0.15, 0.2) is 35.1 Å². The van der Waals surface area contributed by atoms with Gasteiger partial charge in [-0.1, -0.05) is 12.1 Å². The fraction of sp³-hybridized carbons (Fsp3) is 0.421. The van der Waals surface area contributed by atoms with Gasteiger partial charge in [-0.05, 0) is 17.7 Å². The number of carbonyl (C=O) groups is 1. The van der Waals surface area contributed by atoms with E-state index in [0.717, 1.165) is 18.2 Å². The molecule has 0 spiro atoms. The van der Waals surface area contributed by atoms with Gasteiger partial charge >= 0.3 is 6.36 Å². The van der Waals surface area contributed by atoms with Crippen LogP contribution < -0.4 is 20.5 Å². The number of carbonyl (C=O) groups excluding carboxylic acids is 1. The van der Waals surface area contributed by atoms with E-state index in [2.05, 4.69) is 20.0 Å². The number of ether oxygens (including phenoxy) is 3. The van der Waals surface area contributed by atoms with E-state index in [9.17, 15) is 22.8 Å². The molecule has 168 valence electrons. The molecular weight excluding hydrogens is 421 g/mol. The first-order valence-corrected chi connectivity index (χ1v) is 9.23. The molecule has 1 aliphatic heterocycles. The van der Waals surface area contributed by atoms with Crippen LogP contribution in [0.3, 0.4) is 0 Å². The normalized spacial score (nSPS) is 15.3. The van der Waals surface area contributed by atoms with Gasteiger partial charge in [0.1, 0.15) is 11.4 Å². The van der Waals surface area contributed by atoms with Crippen LogP contribution in [-0.4, -0.2) is 62.3 Å². The van der Waals surface area contributed by atoms with E-state index in [0.29, 0.717) is 18.7 Å². The molecule has 1 aromatic heterocycles. The first-order valence-electron chi connectivity index (χ1n) is 9.23. The van der Waals surface area contributed by atoms with Gasteiger partial charge in [-0.2, -0.15) is 0 Å². The number of benzene rings is 1. The molecule has 0 saturated carbocycles. The molecule has 0 unspecified atom stereocenters. The van der Waals surface area contributed by atoms with E-state index in [4.69, 9.17) is 9.47 Å². The third kappa shape index (κ3) is 5.95. The largest absolute Gasteiger partial charge is 0.573 e. The summed E-state index contributed by atoms with van der Waals surface area (Å²) in [5, 5.41) is 2.68. The molecule has 12 heteroatoms. The summed E-state index contributed by atoms with van der Waals surface area (Å²) in [4.78, 5) is 33.2. The van der Waals surface area contributed by atoms with Crippen molar-refractivity contribution < 1.29 is 32.2 Å². The zero-order chi connectivity index (χ0) is 22.6. The molecule has 0 radical (unpaired) electrons. The molecule has 2 aromatic rings. The summed E-state index contributed by atoms with van der Waals surface area (Å²) in [7, 11) is 3.00. The van der Waals surface area contributed by atoms with Crippen molar-refractivity contribution in [2.24, 2.45) is 0 Å². The van der Waals surface area contributed by atoms with Crippen molar-refractivity contribution in [3.63, 3.8) is 0 Å². The lowest BCUT2D eigenvalue weighted by atomic mass is 10.1. The second-order valence-corrected chi connectivity index (χ2v) is 6.82. The van der Waals surface area contributed by atoms with Crippen LogP contribution in [-0.2, 0) is 9.47 Å². The molecule has 2 heterocycles. The Labute approximate surface area is 175 Å². The van der Waals surface area contributed by atoms with E-state index in [1.165, 1.54) is 19.2 Å². The Morgan fingerprint density at radius 1 is 1.29 bits per heavy atom. The zero-order valence-electron chi connectivity index (χ0n) is 16.7. The second-order valence-electron chi connectivity index (χ2n) is 6.82. The highest BCUT2D eigenvalue weighted by Gasteiger charge is 2.31. The van der Waals surface area contributed by atoms with Crippen LogP contribution in [0.1, 0.15) is 22.1 Å². The first kappa shape index (κ1) is 22.6. The summed E-state index contributed by atoms with van der Waals surface area (Å²) in [6.07, 6.45) is -4.77. The SMILES string of the molecule is COC[C@@H](NC(=O)c1cc(=O)[nH]c(N2CC(OC)C2)n1)c1ccc(OC(F)(F)F)cc1. The van der Waals surface area contributed by atoms with Crippen LogP contribution >= 0.6 is 0 Å². The van der Waals surface area contributed by atoms with Gasteiger partial charge < -0.3 is 24.4 Å². The minimum atomic E-state index is -4.80. The predicted octanol–water partition coefficient (Wildman–Crippen LogP) is 1.62. The fourth-order valence-electron chi connectivity index (χ4n) is 2.99. The van der Waals surface area contributed by atoms with E-state index in [1.807, 2.05) is 0 Å². The number of hydrogen-bond acceptors (Lipinski definition) is 7. The molecule has 1 aromatic carbocycles. The number of nitrogens with zero attached hydrogens (tertiary/aromatic N) is 2. The molecule has 1 amide bonds. The maximum atomic E-state index is 12.7. The maximum absolute atomic E-state index is 12.7. The lowest BCUT2D eigenvalue weighted by Gasteiger charge is -2.38. The molecule has 9 nitrogen and oxygen atoms in total. The molecule has 2 N–H and O–H groups in total. The van der Waals surface area contributed by atoms with Crippen LogP contribution in [0.5, 0.6) is 5.75 Å². The van der Waals surface area contributed by atoms with Gasteiger partial charge in [0.25, 0.3) is 11.5 Å². The molecular formula is C19H21F3N4O5. The average Bonchev–Trinajstić information content (AvgIpc) is 2.66. The second kappa shape index (κ2) is 9.35. The number of alkyl halides is 3. The van der Waals surface area contributed by atoms with Crippen LogP contribution in [0, 0.1) is 0 Å². The summed E-state index contributed by atoms with van der Waals surface area (Å²) in [6, 6.07) is 5.41. The number of aromatic nitrogens is 2. The van der Waals surface area contributed by atoms with Crippen molar-refractivity contribution >= 4 is 11.9 Å². The Balaban J connectivity index is 1.73. The lowest BCUT2D eigenvalue weighted by Crippen LogP contribution is -2.53. The molecule has 1 atom stereocenters. The molecule has 1 saturated heterocycles. The van der Waals surface area contributed by atoms with E-state index in [1.54, 1.807) is 12.0 Å². The molecule has 0 bridgehead atoms. The minimum Gasteiger partial charge on any atom is -0.406 e. The van der Waals surface area contributed by atoms with Crippen molar-refractivity contribution in [1.82, 2.24) is 15.3 Å². The minimum absolute atomic E-state index is 0.0261. The highest BCUT2D eigenvalue weighted by Crippen LogP contribution is 2.25. The number of halogens is 3. The molecule has 3 rings (SSSR count). The summed E-state index contributed by atoms with van der Waals surface area (Å²) in [5.41, 5.74) is -0.105. The van der Waals surface area contributed by atoms with Crippen molar-refractivity contribution in [3.05, 3.63) is 51.9 Å². The summed E-state index contributed by atoms with van der Waals surface area (Å²) in [6.45, 7) is 1.11. The lowest BCUT2D eigenvalue weighted by molar-refractivity contribution is -0.274. The van der Waals surface area contributed by atoms with E-state index >= 15 is 0 Å². The van der Waals surface area contributed by atoms with Crippen molar-refractivity contribution in [3.8, 4) is 5.75 Å². The average molecular weight is 442 g/mol. The van der Waals surface area contributed by atoms with Gasteiger partial charge in [0.05, 0.1) is 18.8 Å². The van der Waals surface area contributed by atoms with Crippen LogP contribution in [0.4, 0.5) is 19.1 Å². The van der Waals surface area contributed by atoms with Gasteiger partial charge in [-0.15, -0.1) is 13.2 Å². The van der Waals surface area contributed by atoms with Crippen LogP contribution in [0.2, 0.25) is 0 Å². The van der Waals surface area contributed by atoms with Gasteiger partial charge in [0.15, 0.2) is 0 Å². The van der Waals surface area contributed by atoms with Gasteiger partial charge in [-0.3, -0.25) is 14.6 Å². The Kier molecular flexibility index (Phi) is 6.81. The first-order chi connectivity index (χ1) is 14.7. The van der Waals surface area contributed by atoms with Crippen molar-refractivity contribution in [1.29, 1.82) is 0 Å². The number of anilines is 1. The number of H-pyrrole nitrogens is 1. The molecule has 0 aliphatic carbocycles. The molecule has 1 aliphatic rings. The van der Waals surface area contributed by atoms with Crippen molar-refractivity contribution in [2.45, 2.75) is 18.5 Å². The number of methoxy groups -OCH3 is 2. The van der Waals surface area contributed by atoms with Gasteiger partial charge in [0.2, 0.25) is 5.95 Å². The Morgan fingerprint density at radius 2 is 1.97 bits per heavy atom. The van der Waals surface area contributed by atoms with Gasteiger partial charge in [-0.25, -0.2) is 4.98 Å². The van der Waals surface area contributed by atoms with E-state index < -0.39 is 23.9 Å². The van der Waals surface area contributed by atoms with E-state index in [-0.39, 0.29) is 30.1 Å². The summed E-state index contributed by atoms with van der Waals surface area (Å²) in [5.74, 6) is -0.764. The van der Waals surface area contributed by atoms with Gasteiger partial charge in [0, 0.05) is 33.4 Å². The smallest absolute Gasteiger partial charge is 0.406 e. The third-order valence-electron chi connectivity index (χ3n) is 4.60. The maximum Gasteiger partial charge on any atom is 0.573 e. The van der Waals surface area contributed by atoms with Crippen LogP contribution in [0.25, 0.3) is 0 Å².